The molecule has 210 valence electrons. The molecule has 8 nitrogen and oxygen atoms in total. The highest BCUT2D eigenvalue weighted by Crippen LogP contribution is 2.30. The number of hydrazone groups is 1. The lowest BCUT2D eigenvalue weighted by atomic mass is 10.2. The maximum Gasteiger partial charge on any atom is 0.345 e. The fourth-order valence-corrected chi connectivity index (χ4v) is 4.02. The molecule has 0 unspecified atom stereocenters. The number of hydrogen-bond acceptors (Lipinski definition) is 7. The molecule has 12 heteroatoms. The molecule has 0 bridgehead atoms. The van der Waals surface area contributed by atoms with Gasteiger partial charge in [-0.3, -0.25) is 4.79 Å². The molecule has 0 saturated carbocycles. The number of nitrogens with one attached hydrogen (secondary N) is 1. The van der Waals surface area contributed by atoms with Crippen LogP contribution in [0.2, 0.25) is 20.1 Å². The fraction of sp³-hybridized carbons (Fsp3) is 0.0690. The van der Waals surface area contributed by atoms with Gasteiger partial charge >= 0.3 is 18.2 Å². The molecule has 0 aliphatic heterocycles. The van der Waals surface area contributed by atoms with Gasteiger partial charge in [-0.25, -0.2) is 10.2 Å². The molecule has 0 aliphatic carbocycles. The maximum absolute atomic E-state index is 12.9. The van der Waals surface area contributed by atoms with E-state index in [9.17, 15) is 9.59 Å². The number of carbonyl (C=O) groups excluding carboxylic acids is 2. The average Bonchev–Trinajstić information content (AvgIpc) is 2.95. The Kier molecular flexibility index (Phi) is 10.3. The van der Waals surface area contributed by atoms with Gasteiger partial charge in [0.2, 0.25) is 0 Å². The predicted octanol–water partition coefficient (Wildman–Crippen LogP) is 7.46. The van der Waals surface area contributed by atoms with Gasteiger partial charge in [-0.15, -0.1) is 0 Å². The molecule has 4 aromatic carbocycles. The van der Waals surface area contributed by atoms with E-state index in [2.05, 4.69) is 10.5 Å². The Morgan fingerprint density at radius 1 is 0.756 bits per heavy atom. The second kappa shape index (κ2) is 14.1. The number of rotatable bonds is 10. The van der Waals surface area contributed by atoms with Crippen LogP contribution < -0.4 is 24.4 Å². The highest BCUT2D eigenvalue weighted by Gasteiger charge is 2.23. The lowest BCUT2D eigenvalue weighted by Gasteiger charge is -2.19. The van der Waals surface area contributed by atoms with Gasteiger partial charge in [-0.05, 0) is 90.5 Å². The zero-order valence-electron chi connectivity index (χ0n) is 21.1. The summed E-state index contributed by atoms with van der Waals surface area (Å²) in [5.41, 5.74) is 3.06. The lowest BCUT2D eigenvalue weighted by molar-refractivity contribution is -0.140. The summed E-state index contributed by atoms with van der Waals surface area (Å²) in [6.45, 7) is 0. The van der Waals surface area contributed by atoms with Crippen LogP contribution >= 0.6 is 46.4 Å². The Bertz CT molecular complexity index is 1520. The van der Waals surface area contributed by atoms with Gasteiger partial charge in [0.25, 0.3) is 0 Å². The van der Waals surface area contributed by atoms with Gasteiger partial charge in [0.15, 0.2) is 11.5 Å². The number of halogens is 4. The highest BCUT2D eigenvalue weighted by molar-refractivity contribution is 6.36. The summed E-state index contributed by atoms with van der Waals surface area (Å²) in [6, 6.07) is 22.0. The summed E-state index contributed by atoms with van der Waals surface area (Å²) in [7, 11) is 1.41. The first-order chi connectivity index (χ1) is 19.7. The second-order valence-electron chi connectivity index (χ2n) is 8.13. The van der Waals surface area contributed by atoms with Crippen molar-refractivity contribution in [3.05, 3.63) is 116 Å². The zero-order chi connectivity index (χ0) is 29.4. The predicted molar refractivity (Wildman–Crippen MR) is 158 cm³/mol. The Labute approximate surface area is 255 Å². The van der Waals surface area contributed by atoms with E-state index in [0.717, 1.165) is 0 Å². The molecule has 41 heavy (non-hydrogen) atoms. The minimum atomic E-state index is -1.40. The number of ether oxygens (including phenoxy) is 4. The molecule has 4 aromatic rings. The molecule has 0 aliphatic rings. The van der Waals surface area contributed by atoms with Crippen LogP contribution in [0.3, 0.4) is 0 Å². The van der Waals surface area contributed by atoms with Crippen molar-refractivity contribution >= 4 is 64.5 Å². The molecule has 1 amide bonds. The van der Waals surface area contributed by atoms with Gasteiger partial charge < -0.3 is 18.9 Å². The average molecular weight is 634 g/mol. The summed E-state index contributed by atoms with van der Waals surface area (Å²) in [4.78, 5) is 25.5. The van der Waals surface area contributed by atoms with E-state index >= 15 is 0 Å². The number of esters is 1. The molecule has 0 heterocycles. The first kappa shape index (κ1) is 30.0. The Balaban J connectivity index is 1.44. The molecule has 4 rings (SSSR count). The number of nitrogens with zero attached hydrogens (tertiary/aromatic N) is 1. The van der Waals surface area contributed by atoms with Crippen molar-refractivity contribution < 1.29 is 28.5 Å². The maximum atomic E-state index is 12.9. The number of benzene rings is 4. The number of amides is 1. The fourth-order valence-electron chi connectivity index (χ4n) is 3.29. The first-order valence-electron chi connectivity index (χ1n) is 11.7. The summed E-state index contributed by atoms with van der Waals surface area (Å²) < 4.78 is 22.2. The normalized spacial score (nSPS) is 10.9. The van der Waals surface area contributed by atoms with Gasteiger partial charge in [-0.2, -0.15) is 5.10 Å². The monoisotopic (exact) mass is 632 g/mol. The molecule has 0 atom stereocenters. The minimum absolute atomic E-state index is 0.141. The molecule has 0 spiro atoms. The van der Waals surface area contributed by atoms with Gasteiger partial charge in [0, 0.05) is 15.1 Å². The van der Waals surface area contributed by atoms with Crippen molar-refractivity contribution in [2.75, 3.05) is 7.11 Å². The van der Waals surface area contributed by atoms with E-state index in [-0.39, 0.29) is 22.1 Å². The van der Waals surface area contributed by atoms with E-state index in [1.807, 2.05) is 0 Å². The van der Waals surface area contributed by atoms with Gasteiger partial charge in [0.1, 0.15) is 11.5 Å². The third kappa shape index (κ3) is 8.52. The van der Waals surface area contributed by atoms with Crippen molar-refractivity contribution in [3.8, 4) is 23.0 Å². The topological polar surface area (TPSA) is 95.5 Å². The zero-order valence-corrected chi connectivity index (χ0v) is 24.2. The smallest absolute Gasteiger partial charge is 0.345 e. The standard InChI is InChI=1S/C29H20Cl4N2O6/c1-38-26-14-17(2-13-25(26)41-28(37)23-12-7-20(32)15-24(23)33)16-34-35-27(36)29(39-21-8-3-18(30)4-9-21)40-22-10-5-19(31)6-11-22/h2-16,29H,1H3,(H,35,36)/b34-16+. The van der Waals surface area contributed by atoms with E-state index < -0.39 is 18.2 Å². The summed E-state index contributed by atoms with van der Waals surface area (Å²) in [6.07, 6.45) is -0.0329. The molecule has 0 saturated heterocycles. The Morgan fingerprint density at radius 3 is 1.90 bits per heavy atom. The molecule has 0 fully saturated rings. The number of methoxy groups -OCH3 is 1. The third-order valence-corrected chi connectivity index (χ3v) is 6.31. The number of hydrogen-bond donors (Lipinski definition) is 1. The van der Waals surface area contributed by atoms with E-state index in [1.165, 1.54) is 37.6 Å². The quantitative estimate of drug-likeness (QED) is 0.0640. The van der Waals surface area contributed by atoms with E-state index in [1.54, 1.807) is 60.7 Å². The van der Waals surface area contributed by atoms with Crippen molar-refractivity contribution in [1.29, 1.82) is 0 Å². The van der Waals surface area contributed by atoms with Crippen LogP contribution in [0, 0.1) is 0 Å². The summed E-state index contributed by atoms with van der Waals surface area (Å²) in [5, 5.41) is 5.54. The Hall–Kier alpha value is -3.95. The largest absolute Gasteiger partial charge is 0.493 e. The first-order valence-corrected chi connectivity index (χ1v) is 13.3. The SMILES string of the molecule is COc1cc(/C=N/NC(=O)C(Oc2ccc(Cl)cc2)Oc2ccc(Cl)cc2)ccc1OC(=O)c1ccc(Cl)cc1Cl. The summed E-state index contributed by atoms with van der Waals surface area (Å²) in [5.74, 6) is -0.287. The Morgan fingerprint density at radius 2 is 1.34 bits per heavy atom. The third-order valence-electron chi connectivity index (χ3n) is 5.26. The van der Waals surface area contributed by atoms with Crippen molar-refractivity contribution in [3.63, 3.8) is 0 Å². The molecule has 1 N–H and O–H groups in total. The van der Waals surface area contributed by atoms with Crippen LogP contribution in [0.25, 0.3) is 0 Å². The van der Waals surface area contributed by atoms with E-state index in [4.69, 9.17) is 65.4 Å². The molecular formula is C29H20Cl4N2O6. The second-order valence-corrected chi connectivity index (χ2v) is 9.85. The van der Waals surface area contributed by atoms with Crippen molar-refractivity contribution in [1.82, 2.24) is 5.43 Å². The van der Waals surface area contributed by atoms with Gasteiger partial charge in [0.05, 0.1) is 23.9 Å². The van der Waals surface area contributed by atoms with Crippen molar-refractivity contribution in [2.24, 2.45) is 5.10 Å². The van der Waals surface area contributed by atoms with Crippen LogP contribution in [0.1, 0.15) is 15.9 Å². The van der Waals surface area contributed by atoms with Gasteiger partial charge in [-0.1, -0.05) is 46.4 Å². The van der Waals surface area contributed by atoms with Crippen LogP contribution in [-0.4, -0.2) is 31.5 Å². The lowest BCUT2D eigenvalue weighted by Crippen LogP contribution is -2.40. The molecule has 0 aromatic heterocycles. The van der Waals surface area contributed by atoms with E-state index in [0.29, 0.717) is 32.1 Å². The minimum Gasteiger partial charge on any atom is -0.493 e. The van der Waals surface area contributed by atoms with Crippen LogP contribution in [0.15, 0.2) is 90.0 Å². The van der Waals surface area contributed by atoms with Crippen LogP contribution in [-0.2, 0) is 4.79 Å². The molecule has 0 radical (unpaired) electrons. The molecular weight excluding hydrogens is 614 g/mol. The highest BCUT2D eigenvalue weighted by atomic mass is 35.5. The van der Waals surface area contributed by atoms with Crippen LogP contribution in [0.4, 0.5) is 0 Å². The number of carbonyl (C=O) groups is 2. The van der Waals surface area contributed by atoms with Crippen LogP contribution in [0.5, 0.6) is 23.0 Å². The summed E-state index contributed by atoms with van der Waals surface area (Å²) >= 11 is 23.9. The van der Waals surface area contributed by atoms with Crippen molar-refractivity contribution in [2.45, 2.75) is 6.29 Å².